The van der Waals surface area contributed by atoms with E-state index in [4.69, 9.17) is 9.47 Å². The van der Waals surface area contributed by atoms with Crippen molar-refractivity contribution in [1.82, 2.24) is 0 Å². The Morgan fingerprint density at radius 2 is 0.726 bits per heavy atom. The zero-order valence-electron chi connectivity index (χ0n) is 35.4. The average molecular weight is 847 g/mol. The average Bonchev–Trinajstić information content (AvgIpc) is 3.34. The van der Waals surface area contributed by atoms with Crippen LogP contribution in [-0.4, -0.2) is 25.5 Å². The van der Waals surface area contributed by atoms with Crippen molar-refractivity contribution in [2.75, 3.05) is 25.5 Å². The van der Waals surface area contributed by atoms with Crippen LogP contribution in [0.3, 0.4) is 0 Å². The molecule has 0 aliphatic heterocycles. The van der Waals surface area contributed by atoms with E-state index in [1.807, 2.05) is 12.2 Å². The van der Waals surface area contributed by atoms with Crippen LogP contribution in [0.4, 0.5) is 0 Å². The second-order valence-corrected chi connectivity index (χ2v) is 23.9. The predicted octanol–water partition coefficient (Wildman–Crippen LogP) is 11.0. The van der Waals surface area contributed by atoms with E-state index in [9.17, 15) is 0 Å². The van der Waals surface area contributed by atoms with Crippen LogP contribution in [0.25, 0.3) is 11.1 Å². The number of hydrogen-bond acceptors (Lipinski definition) is 2. The molecule has 0 radical (unpaired) electrons. The van der Waals surface area contributed by atoms with Gasteiger partial charge in [0.25, 0.3) is 0 Å². The summed E-state index contributed by atoms with van der Waals surface area (Å²) in [4.78, 5) is 0. The maximum atomic E-state index is 6.97. The van der Waals surface area contributed by atoms with Gasteiger partial charge in [-0.2, -0.15) is 0 Å². The van der Waals surface area contributed by atoms with Gasteiger partial charge in [0.1, 0.15) is 0 Å². The summed E-state index contributed by atoms with van der Waals surface area (Å²) < 4.78 is 13.8. The molecule has 4 heteroatoms. The minimum absolute atomic E-state index is 0.565. The van der Waals surface area contributed by atoms with Crippen molar-refractivity contribution >= 4 is 46.4 Å². The van der Waals surface area contributed by atoms with Gasteiger partial charge >= 0.3 is 372 Å². The second-order valence-electron chi connectivity index (χ2n) is 15.8. The van der Waals surface area contributed by atoms with Gasteiger partial charge in [0.15, 0.2) is 0 Å². The van der Waals surface area contributed by atoms with Crippen molar-refractivity contribution < 1.29 is 9.47 Å². The molecule has 8 aromatic rings. The van der Waals surface area contributed by atoms with Crippen LogP contribution in [0.15, 0.2) is 244 Å². The van der Waals surface area contributed by atoms with Crippen molar-refractivity contribution in [3.63, 3.8) is 0 Å². The summed E-state index contributed by atoms with van der Waals surface area (Å²) in [6, 6.07) is 79.5. The monoisotopic (exact) mass is 846 g/mol. The fourth-order valence-electron chi connectivity index (χ4n) is 9.26. The van der Waals surface area contributed by atoms with Crippen LogP contribution in [0.2, 0.25) is 0 Å². The van der Waals surface area contributed by atoms with Gasteiger partial charge in [-0.25, -0.2) is 0 Å². The molecule has 0 aromatic heterocycles. The quantitative estimate of drug-likeness (QED) is 0.0596. The standard InChI is InChI=1S/C58H56O2P2/c1-3-23-47-37-39-58(60-42-44-62(53-31-17-8-18-32-53,54-33-19-9-20-34-54)55-35-21-10-22-36-55)56(45-47)48-38-40-57(49(46-48)24-4-2)59-41-43-61(50-25-11-5-12-26-50,51-27-13-6-14-28-51)52-29-15-7-16-30-52/h3-22,25-40,45-46,61-62H,1-2,23-24,41-44H2. The van der Waals surface area contributed by atoms with Crippen molar-refractivity contribution in [3.05, 3.63) is 255 Å². The van der Waals surface area contributed by atoms with Crippen LogP contribution in [0.1, 0.15) is 11.1 Å². The van der Waals surface area contributed by atoms with Crippen molar-refractivity contribution in [3.8, 4) is 22.6 Å². The summed E-state index contributed by atoms with van der Waals surface area (Å²) >= 11 is 0. The molecule has 0 fully saturated rings. The van der Waals surface area contributed by atoms with Gasteiger partial charge in [-0.1, -0.05) is 0 Å². The van der Waals surface area contributed by atoms with Gasteiger partial charge in [-0.15, -0.1) is 0 Å². The molecule has 0 aliphatic carbocycles. The second kappa shape index (κ2) is 20.5. The third-order valence-electron chi connectivity index (χ3n) is 12.2. The first-order chi connectivity index (χ1) is 30.7. The van der Waals surface area contributed by atoms with Crippen LogP contribution in [-0.2, 0) is 12.8 Å². The Morgan fingerprint density at radius 3 is 1.10 bits per heavy atom. The minimum atomic E-state index is -2.48. The van der Waals surface area contributed by atoms with Crippen molar-refractivity contribution in [2.45, 2.75) is 12.8 Å². The Kier molecular flexibility index (Phi) is 14.0. The molecular formula is C58H56O2P2. The molecule has 62 heavy (non-hydrogen) atoms. The molecule has 0 spiro atoms. The number of hydrogen-bond donors (Lipinski definition) is 0. The normalized spacial score (nSPS) is 11.9. The zero-order valence-corrected chi connectivity index (χ0v) is 37.4. The van der Waals surface area contributed by atoms with E-state index in [0.717, 1.165) is 46.9 Å². The van der Waals surface area contributed by atoms with Gasteiger partial charge in [0.2, 0.25) is 0 Å². The zero-order chi connectivity index (χ0) is 42.5. The molecule has 0 amide bonds. The Balaban J connectivity index is 1.11. The van der Waals surface area contributed by atoms with Crippen LogP contribution >= 0.6 is 14.5 Å². The summed E-state index contributed by atoms with van der Waals surface area (Å²) in [6.07, 6.45) is 7.16. The number of ether oxygens (including phenoxy) is 2. The van der Waals surface area contributed by atoms with E-state index in [0.29, 0.717) is 19.6 Å². The van der Waals surface area contributed by atoms with E-state index < -0.39 is 14.5 Å². The molecule has 8 rings (SSSR count). The Hall–Kier alpha value is -6.30. The molecular weight excluding hydrogens is 791 g/mol. The molecule has 0 bridgehead atoms. The molecule has 8 aromatic carbocycles. The van der Waals surface area contributed by atoms with Gasteiger partial charge in [0, 0.05) is 0 Å². The van der Waals surface area contributed by atoms with Crippen molar-refractivity contribution in [2.24, 2.45) is 0 Å². The number of allylic oxidation sites excluding steroid dienone is 2. The van der Waals surface area contributed by atoms with Crippen LogP contribution < -0.4 is 41.3 Å². The Morgan fingerprint density at radius 1 is 0.371 bits per heavy atom. The topological polar surface area (TPSA) is 18.5 Å². The van der Waals surface area contributed by atoms with E-state index in [1.54, 1.807) is 0 Å². The van der Waals surface area contributed by atoms with E-state index >= 15 is 0 Å². The molecule has 0 saturated carbocycles. The Bertz CT molecular complexity index is 2460. The summed E-state index contributed by atoms with van der Waals surface area (Å²) in [5, 5.41) is 8.28. The third kappa shape index (κ3) is 9.15. The number of rotatable bonds is 19. The van der Waals surface area contributed by atoms with Crippen LogP contribution in [0, 0.1) is 0 Å². The van der Waals surface area contributed by atoms with Crippen LogP contribution in [0.5, 0.6) is 11.5 Å². The SMILES string of the molecule is C=CCc1ccc(OCC[PH](c2ccccc2)(c2ccccc2)c2ccccc2)c(-c2ccc(OCC[PH](c3ccccc3)(c3ccccc3)c3ccccc3)c(CC=C)c2)c1. The van der Waals surface area contributed by atoms with E-state index in [2.05, 4.69) is 232 Å². The summed E-state index contributed by atoms with van der Waals surface area (Å²) in [5.41, 5.74) is 4.46. The van der Waals surface area contributed by atoms with Gasteiger partial charge in [-0.05, 0) is 0 Å². The summed E-state index contributed by atoms with van der Waals surface area (Å²) in [6.45, 7) is 9.34. The molecule has 0 atom stereocenters. The fraction of sp³-hybridized carbons (Fsp3) is 0.103. The molecule has 0 heterocycles. The Labute approximate surface area is 369 Å². The molecule has 0 aliphatic rings. The predicted molar refractivity (Wildman–Crippen MR) is 273 cm³/mol. The van der Waals surface area contributed by atoms with Gasteiger partial charge in [0.05, 0.1) is 0 Å². The first kappa shape index (κ1) is 42.4. The maximum absolute atomic E-state index is 6.97. The first-order valence-electron chi connectivity index (χ1n) is 21.7. The van der Waals surface area contributed by atoms with E-state index in [-0.39, 0.29) is 0 Å². The summed E-state index contributed by atoms with van der Waals surface area (Å²) in [7, 11) is -4.94. The summed E-state index contributed by atoms with van der Waals surface area (Å²) in [5.74, 6) is 1.76. The third-order valence-corrected chi connectivity index (χ3v) is 22.1. The fourth-order valence-corrected chi connectivity index (χ4v) is 18.4. The van der Waals surface area contributed by atoms with Gasteiger partial charge in [-0.3, -0.25) is 0 Å². The molecule has 0 saturated heterocycles. The molecule has 310 valence electrons. The first-order valence-corrected chi connectivity index (χ1v) is 26.1. The molecule has 0 N–H and O–H groups in total. The van der Waals surface area contributed by atoms with E-state index in [1.165, 1.54) is 37.4 Å². The van der Waals surface area contributed by atoms with Gasteiger partial charge < -0.3 is 0 Å². The molecule has 2 nitrogen and oxygen atoms in total. The number of benzene rings is 8. The molecule has 0 unspecified atom stereocenters. The van der Waals surface area contributed by atoms with Crippen molar-refractivity contribution in [1.29, 1.82) is 0 Å².